The molecule has 4 nitrogen and oxygen atoms in total. The third-order valence-electron chi connectivity index (χ3n) is 3.83. The van der Waals surface area contributed by atoms with Gasteiger partial charge in [-0.25, -0.2) is 4.79 Å². The first kappa shape index (κ1) is 15.6. The lowest BCUT2D eigenvalue weighted by molar-refractivity contribution is -0.137. The largest absolute Gasteiger partial charge is 0.478 e. The number of hydrogen-bond acceptors (Lipinski definition) is 3. The van der Waals surface area contributed by atoms with Crippen LogP contribution >= 0.6 is 0 Å². The maximum absolute atomic E-state index is 12.6. The Morgan fingerprint density at radius 3 is 2.48 bits per heavy atom. The first-order chi connectivity index (χ1) is 9.77. The van der Waals surface area contributed by atoms with Crippen LogP contribution < -0.4 is 5.32 Å². The van der Waals surface area contributed by atoms with Crippen molar-refractivity contribution in [3.05, 3.63) is 29.3 Å². The number of anilines is 1. The number of alkyl halides is 3. The molecule has 1 fully saturated rings. The Morgan fingerprint density at radius 2 is 2.00 bits per heavy atom. The molecule has 21 heavy (non-hydrogen) atoms. The van der Waals surface area contributed by atoms with Crippen LogP contribution in [0.1, 0.15) is 35.2 Å². The summed E-state index contributed by atoms with van der Waals surface area (Å²) in [4.78, 5) is 11.1. The number of aliphatic hydroxyl groups excluding tert-OH is 1. The number of carbonyl (C=O) groups is 1. The second-order valence-electron chi connectivity index (χ2n) is 5.39. The SMILES string of the molecule is O=C(O)c1cc(C(F)(F)F)ccc1NCC1(CCO)CC1. The van der Waals surface area contributed by atoms with E-state index in [9.17, 15) is 18.0 Å². The average Bonchev–Trinajstić information content (AvgIpc) is 3.15. The summed E-state index contributed by atoms with van der Waals surface area (Å²) in [5, 5.41) is 20.9. The Labute approximate surface area is 119 Å². The van der Waals surface area contributed by atoms with E-state index in [1.165, 1.54) is 0 Å². The highest BCUT2D eigenvalue weighted by atomic mass is 19.4. The first-order valence-corrected chi connectivity index (χ1v) is 6.57. The van der Waals surface area contributed by atoms with Crippen LogP contribution in [0, 0.1) is 5.41 Å². The van der Waals surface area contributed by atoms with E-state index >= 15 is 0 Å². The van der Waals surface area contributed by atoms with E-state index in [-0.39, 0.29) is 17.7 Å². The molecule has 0 saturated heterocycles. The monoisotopic (exact) mass is 303 g/mol. The molecule has 0 bridgehead atoms. The average molecular weight is 303 g/mol. The van der Waals surface area contributed by atoms with Gasteiger partial charge in [-0.15, -0.1) is 0 Å². The third-order valence-corrected chi connectivity index (χ3v) is 3.83. The van der Waals surface area contributed by atoms with Gasteiger partial charge in [0.1, 0.15) is 0 Å². The van der Waals surface area contributed by atoms with Crippen LogP contribution in [-0.2, 0) is 6.18 Å². The lowest BCUT2D eigenvalue weighted by Gasteiger charge is -2.17. The summed E-state index contributed by atoms with van der Waals surface area (Å²) in [6.45, 7) is 0.486. The second kappa shape index (κ2) is 5.55. The molecule has 0 aromatic heterocycles. The number of aromatic carboxylic acids is 1. The number of halogens is 3. The molecule has 0 unspecified atom stereocenters. The fraction of sp³-hybridized carbons (Fsp3) is 0.500. The van der Waals surface area contributed by atoms with Crippen molar-refractivity contribution in [3.63, 3.8) is 0 Å². The zero-order valence-electron chi connectivity index (χ0n) is 11.2. The zero-order valence-corrected chi connectivity index (χ0v) is 11.2. The predicted octanol–water partition coefficient (Wildman–Crippen LogP) is 2.98. The van der Waals surface area contributed by atoms with Crippen molar-refractivity contribution in [3.8, 4) is 0 Å². The lowest BCUT2D eigenvalue weighted by atomic mass is 10.0. The van der Waals surface area contributed by atoms with Crippen molar-refractivity contribution in [2.24, 2.45) is 5.41 Å². The Bertz CT molecular complexity index is 539. The van der Waals surface area contributed by atoms with Gasteiger partial charge in [0.15, 0.2) is 0 Å². The molecule has 0 heterocycles. The van der Waals surface area contributed by atoms with E-state index in [1.54, 1.807) is 0 Å². The van der Waals surface area contributed by atoms with E-state index in [0.717, 1.165) is 25.0 Å². The Hall–Kier alpha value is -1.76. The van der Waals surface area contributed by atoms with E-state index < -0.39 is 23.3 Å². The van der Waals surface area contributed by atoms with Crippen LogP contribution in [0.15, 0.2) is 18.2 Å². The number of carboxylic acids is 1. The van der Waals surface area contributed by atoms with Crippen LogP contribution in [0.2, 0.25) is 0 Å². The highest BCUT2D eigenvalue weighted by Crippen LogP contribution is 2.48. The minimum atomic E-state index is -4.57. The minimum Gasteiger partial charge on any atom is -0.478 e. The summed E-state index contributed by atoms with van der Waals surface area (Å²) in [5.41, 5.74) is -1.28. The van der Waals surface area contributed by atoms with Gasteiger partial charge < -0.3 is 15.5 Å². The molecular weight excluding hydrogens is 287 g/mol. The summed E-state index contributed by atoms with van der Waals surface area (Å²) >= 11 is 0. The molecular formula is C14H16F3NO3. The number of aliphatic hydroxyl groups is 1. The molecule has 0 aliphatic heterocycles. The highest BCUT2D eigenvalue weighted by Gasteiger charge is 2.41. The molecule has 0 atom stereocenters. The summed E-state index contributed by atoms with van der Waals surface area (Å²) in [6, 6.07) is 2.64. The molecule has 116 valence electrons. The Morgan fingerprint density at radius 1 is 1.33 bits per heavy atom. The van der Waals surface area contributed by atoms with Crippen molar-refractivity contribution in [2.75, 3.05) is 18.5 Å². The van der Waals surface area contributed by atoms with Gasteiger partial charge >= 0.3 is 12.1 Å². The van der Waals surface area contributed by atoms with E-state index in [1.807, 2.05) is 0 Å². The summed E-state index contributed by atoms with van der Waals surface area (Å²) in [7, 11) is 0. The van der Waals surface area contributed by atoms with Gasteiger partial charge in [-0.05, 0) is 42.9 Å². The normalized spacial score (nSPS) is 16.6. The Kier molecular flexibility index (Phi) is 4.13. The highest BCUT2D eigenvalue weighted by molar-refractivity contribution is 5.94. The van der Waals surface area contributed by atoms with Crippen LogP contribution in [0.25, 0.3) is 0 Å². The quantitative estimate of drug-likeness (QED) is 0.755. The van der Waals surface area contributed by atoms with Crippen molar-refractivity contribution in [1.29, 1.82) is 0 Å². The van der Waals surface area contributed by atoms with Crippen LogP contribution in [0.3, 0.4) is 0 Å². The maximum Gasteiger partial charge on any atom is 0.416 e. The number of nitrogens with one attached hydrogen (secondary N) is 1. The van der Waals surface area contributed by atoms with E-state index in [2.05, 4.69) is 5.32 Å². The molecule has 2 rings (SSSR count). The fourth-order valence-electron chi connectivity index (χ4n) is 2.26. The zero-order chi connectivity index (χ0) is 15.7. The summed E-state index contributed by atoms with van der Waals surface area (Å²) < 4.78 is 37.8. The van der Waals surface area contributed by atoms with Gasteiger partial charge in [-0.2, -0.15) is 13.2 Å². The standard InChI is InChI=1S/C14H16F3NO3/c15-14(16,17)9-1-2-11(10(7-9)12(20)21)18-8-13(3-4-13)5-6-19/h1-2,7,18-19H,3-6,8H2,(H,20,21). The van der Waals surface area contributed by atoms with Gasteiger partial charge in [0.25, 0.3) is 0 Å². The van der Waals surface area contributed by atoms with Crippen LogP contribution in [0.5, 0.6) is 0 Å². The molecule has 0 radical (unpaired) electrons. The molecule has 1 aromatic carbocycles. The first-order valence-electron chi connectivity index (χ1n) is 6.57. The Balaban J connectivity index is 2.17. The molecule has 1 aliphatic rings. The van der Waals surface area contributed by atoms with Crippen molar-refractivity contribution in [2.45, 2.75) is 25.4 Å². The molecule has 1 aliphatic carbocycles. The van der Waals surface area contributed by atoms with Crippen LogP contribution in [0.4, 0.5) is 18.9 Å². The van der Waals surface area contributed by atoms with Crippen LogP contribution in [-0.4, -0.2) is 29.3 Å². The number of hydrogen-bond donors (Lipinski definition) is 3. The number of benzene rings is 1. The molecule has 3 N–H and O–H groups in total. The molecule has 1 saturated carbocycles. The van der Waals surface area contributed by atoms with Crippen molar-refractivity contribution >= 4 is 11.7 Å². The summed E-state index contributed by atoms with van der Waals surface area (Å²) in [6.07, 6.45) is -2.13. The second-order valence-corrected chi connectivity index (χ2v) is 5.39. The molecule has 0 amide bonds. The lowest BCUT2D eigenvalue weighted by Crippen LogP contribution is -2.19. The topological polar surface area (TPSA) is 69.6 Å². The molecule has 7 heteroatoms. The van der Waals surface area contributed by atoms with Gasteiger partial charge in [-0.3, -0.25) is 0 Å². The van der Waals surface area contributed by atoms with Crippen molar-refractivity contribution < 1.29 is 28.2 Å². The van der Waals surface area contributed by atoms with Crippen molar-refractivity contribution in [1.82, 2.24) is 0 Å². The smallest absolute Gasteiger partial charge is 0.416 e. The summed E-state index contributed by atoms with van der Waals surface area (Å²) in [5.74, 6) is -1.41. The molecule has 0 spiro atoms. The molecule has 1 aromatic rings. The maximum atomic E-state index is 12.6. The number of carboxylic acid groups (broad SMARTS) is 1. The minimum absolute atomic E-state index is 0.0421. The third kappa shape index (κ3) is 3.66. The van der Waals surface area contributed by atoms with Gasteiger partial charge in [0, 0.05) is 18.8 Å². The van der Waals surface area contributed by atoms with E-state index in [0.29, 0.717) is 19.0 Å². The number of rotatable bonds is 6. The van der Waals surface area contributed by atoms with E-state index in [4.69, 9.17) is 10.2 Å². The predicted molar refractivity (Wildman–Crippen MR) is 70.3 cm³/mol. The van der Waals surface area contributed by atoms with Gasteiger partial charge in [-0.1, -0.05) is 0 Å². The van der Waals surface area contributed by atoms with Gasteiger partial charge in [0.2, 0.25) is 0 Å². The van der Waals surface area contributed by atoms with Gasteiger partial charge in [0.05, 0.1) is 11.1 Å². The fourth-order valence-corrected chi connectivity index (χ4v) is 2.26.